The Bertz CT molecular complexity index is 428. The molecular weight excluding hydrogens is 198 g/mol. The van der Waals surface area contributed by atoms with Crippen LogP contribution < -0.4 is 0 Å². The molecule has 0 unspecified atom stereocenters. The van der Waals surface area contributed by atoms with Crippen molar-refractivity contribution in [3.8, 4) is 0 Å². The van der Waals surface area contributed by atoms with Gasteiger partial charge in [0.25, 0.3) is 0 Å². The molecule has 2 heterocycles. The van der Waals surface area contributed by atoms with Gasteiger partial charge in [0, 0.05) is 12.4 Å². The van der Waals surface area contributed by atoms with Crippen LogP contribution in [0.3, 0.4) is 0 Å². The van der Waals surface area contributed by atoms with Crippen LogP contribution in [0.25, 0.3) is 12.2 Å². The fourth-order valence-electron chi connectivity index (χ4n) is 1.18. The van der Waals surface area contributed by atoms with Crippen LogP contribution in [0.4, 0.5) is 0 Å². The third-order valence-corrected chi connectivity index (χ3v) is 1.94. The number of pyridine rings is 1. The maximum Gasteiger partial charge on any atom is 0.115 e. The molecule has 0 aliphatic carbocycles. The summed E-state index contributed by atoms with van der Waals surface area (Å²) in [4.78, 5) is 12.1. The third kappa shape index (κ3) is 3.13. The normalized spacial score (nSPS) is 11.2. The summed E-state index contributed by atoms with van der Waals surface area (Å²) < 4.78 is 0. The van der Waals surface area contributed by atoms with Gasteiger partial charge in [0.15, 0.2) is 0 Å². The summed E-state index contributed by atoms with van der Waals surface area (Å²) in [5.74, 6) is 0. The maximum atomic E-state index is 4.18. The van der Waals surface area contributed by atoms with Gasteiger partial charge in [-0.3, -0.25) is 4.98 Å². The predicted octanol–water partition coefficient (Wildman–Crippen LogP) is 2.60. The average molecular weight is 209 g/mol. The molecule has 0 spiro atoms. The van der Waals surface area contributed by atoms with Crippen molar-refractivity contribution in [3.05, 3.63) is 66.5 Å². The Kier molecular flexibility index (Phi) is 3.55. The van der Waals surface area contributed by atoms with Crippen LogP contribution in [-0.4, -0.2) is 15.0 Å². The number of hydrogen-bond donors (Lipinski definition) is 0. The standard InChI is InChI=1S/C13H11N3/c1(5-12-7-3-4-9-15-12)2-6-13-8-10-14-11-16-13/h1-11H/b5-1+,6-2+. The highest BCUT2D eigenvalue weighted by molar-refractivity contribution is 5.52. The fourth-order valence-corrected chi connectivity index (χ4v) is 1.18. The SMILES string of the molecule is C(/C=C/c1ccncn1)=C\c1ccccn1. The van der Waals surface area contributed by atoms with Gasteiger partial charge in [0.05, 0.1) is 11.4 Å². The van der Waals surface area contributed by atoms with Gasteiger partial charge in [-0.25, -0.2) is 9.97 Å². The summed E-state index contributed by atoms with van der Waals surface area (Å²) in [5, 5.41) is 0. The lowest BCUT2D eigenvalue weighted by Gasteiger charge is -1.89. The van der Waals surface area contributed by atoms with Crippen molar-refractivity contribution in [1.29, 1.82) is 0 Å². The molecule has 2 rings (SSSR count). The zero-order valence-corrected chi connectivity index (χ0v) is 8.69. The molecule has 0 fully saturated rings. The molecule has 0 N–H and O–H groups in total. The Balaban J connectivity index is 1.98. The van der Waals surface area contributed by atoms with Gasteiger partial charge < -0.3 is 0 Å². The van der Waals surface area contributed by atoms with Crippen molar-refractivity contribution in [2.75, 3.05) is 0 Å². The molecule has 2 aromatic heterocycles. The predicted molar refractivity (Wildman–Crippen MR) is 64.3 cm³/mol. The van der Waals surface area contributed by atoms with E-state index in [9.17, 15) is 0 Å². The van der Waals surface area contributed by atoms with Crippen LogP contribution in [0.2, 0.25) is 0 Å². The molecule has 16 heavy (non-hydrogen) atoms. The van der Waals surface area contributed by atoms with Gasteiger partial charge in [-0.05, 0) is 30.4 Å². The van der Waals surface area contributed by atoms with E-state index in [0.29, 0.717) is 0 Å². The van der Waals surface area contributed by atoms with E-state index in [1.807, 2.05) is 48.6 Å². The first kappa shape index (κ1) is 10.2. The maximum absolute atomic E-state index is 4.18. The van der Waals surface area contributed by atoms with Gasteiger partial charge in [0.1, 0.15) is 6.33 Å². The number of aromatic nitrogens is 3. The first-order valence-electron chi connectivity index (χ1n) is 4.97. The minimum absolute atomic E-state index is 0.890. The summed E-state index contributed by atoms with van der Waals surface area (Å²) in [7, 11) is 0. The monoisotopic (exact) mass is 209 g/mol. The summed E-state index contributed by atoms with van der Waals surface area (Å²) in [6, 6.07) is 7.66. The molecular formula is C13H11N3. The number of nitrogens with zero attached hydrogens (tertiary/aromatic N) is 3. The third-order valence-electron chi connectivity index (χ3n) is 1.94. The van der Waals surface area contributed by atoms with Crippen molar-refractivity contribution in [3.63, 3.8) is 0 Å². The molecule has 0 aromatic carbocycles. The summed E-state index contributed by atoms with van der Waals surface area (Å²) in [6.07, 6.45) is 12.7. The molecule has 0 amide bonds. The van der Waals surface area contributed by atoms with Crippen LogP contribution in [0, 0.1) is 0 Å². The Morgan fingerprint density at radius 2 is 1.62 bits per heavy atom. The van der Waals surface area contributed by atoms with Crippen molar-refractivity contribution >= 4 is 12.2 Å². The molecule has 0 radical (unpaired) electrons. The zero-order valence-electron chi connectivity index (χ0n) is 8.69. The Morgan fingerprint density at radius 1 is 0.812 bits per heavy atom. The van der Waals surface area contributed by atoms with Crippen molar-refractivity contribution in [1.82, 2.24) is 15.0 Å². The summed E-state index contributed by atoms with van der Waals surface area (Å²) in [6.45, 7) is 0. The Morgan fingerprint density at radius 3 is 2.25 bits per heavy atom. The molecule has 0 atom stereocenters. The molecule has 78 valence electrons. The second-order valence-electron chi connectivity index (χ2n) is 3.11. The van der Waals surface area contributed by atoms with E-state index in [2.05, 4.69) is 15.0 Å². The molecule has 2 aromatic rings. The van der Waals surface area contributed by atoms with Crippen LogP contribution in [0.5, 0.6) is 0 Å². The van der Waals surface area contributed by atoms with E-state index in [1.54, 1.807) is 12.4 Å². The Labute approximate surface area is 94.2 Å². The zero-order chi connectivity index (χ0) is 11.1. The van der Waals surface area contributed by atoms with Crippen LogP contribution in [-0.2, 0) is 0 Å². The number of rotatable bonds is 3. The van der Waals surface area contributed by atoms with E-state index < -0.39 is 0 Å². The molecule has 0 saturated carbocycles. The lowest BCUT2D eigenvalue weighted by Crippen LogP contribution is -1.79. The lowest BCUT2D eigenvalue weighted by atomic mass is 10.3. The number of hydrogen-bond acceptors (Lipinski definition) is 3. The van der Waals surface area contributed by atoms with E-state index in [0.717, 1.165) is 11.4 Å². The van der Waals surface area contributed by atoms with Gasteiger partial charge in [0.2, 0.25) is 0 Å². The van der Waals surface area contributed by atoms with Crippen molar-refractivity contribution in [2.24, 2.45) is 0 Å². The average Bonchev–Trinajstić information content (AvgIpc) is 2.37. The smallest absolute Gasteiger partial charge is 0.115 e. The largest absolute Gasteiger partial charge is 0.257 e. The highest BCUT2D eigenvalue weighted by atomic mass is 14.8. The lowest BCUT2D eigenvalue weighted by molar-refractivity contribution is 1.15. The van der Waals surface area contributed by atoms with Gasteiger partial charge in [-0.15, -0.1) is 0 Å². The van der Waals surface area contributed by atoms with Crippen molar-refractivity contribution in [2.45, 2.75) is 0 Å². The van der Waals surface area contributed by atoms with Crippen LogP contribution >= 0.6 is 0 Å². The highest BCUT2D eigenvalue weighted by Crippen LogP contribution is 1.98. The van der Waals surface area contributed by atoms with Gasteiger partial charge >= 0.3 is 0 Å². The molecule has 0 aliphatic rings. The molecule has 3 heteroatoms. The second-order valence-corrected chi connectivity index (χ2v) is 3.11. The summed E-state index contributed by atoms with van der Waals surface area (Å²) >= 11 is 0. The number of allylic oxidation sites excluding steroid dienone is 2. The molecule has 0 saturated heterocycles. The van der Waals surface area contributed by atoms with E-state index >= 15 is 0 Å². The molecule has 0 bridgehead atoms. The molecule has 3 nitrogen and oxygen atoms in total. The Hall–Kier alpha value is -2.29. The fraction of sp³-hybridized carbons (Fsp3) is 0. The van der Waals surface area contributed by atoms with E-state index in [1.165, 1.54) is 6.33 Å². The quantitative estimate of drug-likeness (QED) is 0.729. The molecule has 0 aliphatic heterocycles. The minimum Gasteiger partial charge on any atom is -0.257 e. The van der Waals surface area contributed by atoms with Gasteiger partial charge in [-0.2, -0.15) is 0 Å². The first-order valence-corrected chi connectivity index (χ1v) is 4.97. The van der Waals surface area contributed by atoms with Crippen molar-refractivity contribution < 1.29 is 0 Å². The second kappa shape index (κ2) is 5.56. The summed E-state index contributed by atoms with van der Waals surface area (Å²) in [5.41, 5.74) is 1.83. The van der Waals surface area contributed by atoms with Crippen LogP contribution in [0.1, 0.15) is 11.4 Å². The minimum atomic E-state index is 0.890. The topological polar surface area (TPSA) is 38.7 Å². The highest BCUT2D eigenvalue weighted by Gasteiger charge is 1.83. The van der Waals surface area contributed by atoms with Crippen LogP contribution in [0.15, 0.2) is 55.1 Å². The van der Waals surface area contributed by atoms with E-state index in [4.69, 9.17) is 0 Å². The first-order chi connectivity index (χ1) is 7.95. The van der Waals surface area contributed by atoms with E-state index in [-0.39, 0.29) is 0 Å². The van der Waals surface area contributed by atoms with Gasteiger partial charge in [-0.1, -0.05) is 18.2 Å².